The second kappa shape index (κ2) is 5.40. The third-order valence-corrected chi connectivity index (χ3v) is 3.30. The number of aromatic nitrogens is 5. The topological polar surface area (TPSA) is 116 Å². The predicted octanol–water partition coefficient (Wildman–Crippen LogP) is 0.588. The van der Waals surface area contributed by atoms with E-state index in [2.05, 4.69) is 30.5 Å². The van der Waals surface area contributed by atoms with Gasteiger partial charge in [-0.25, -0.2) is 19.9 Å². The maximum atomic E-state index is 12.1. The van der Waals surface area contributed by atoms with E-state index in [-0.39, 0.29) is 12.5 Å². The fraction of sp³-hybridized carbons (Fsp3) is 0.214. The number of carbonyl (C=O) groups is 1. The number of benzene rings is 1. The van der Waals surface area contributed by atoms with Crippen LogP contribution in [0.25, 0.3) is 11.0 Å². The lowest BCUT2D eigenvalue weighted by Gasteiger charge is -2.06. The van der Waals surface area contributed by atoms with Gasteiger partial charge in [0, 0.05) is 5.56 Å². The molecule has 1 aromatic carbocycles. The quantitative estimate of drug-likeness (QED) is 0.654. The van der Waals surface area contributed by atoms with Crippen LogP contribution in [0.4, 0.5) is 0 Å². The minimum Gasteiger partial charge on any atom is -0.345 e. The zero-order valence-corrected chi connectivity index (χ0v) is 12.1. The fourth-order valence-electron chi connectivity index (χ4n) is 2.03. The Hall–Kier alpha value is -3.03. The SMILES string of the molecule is Cc1nc2ccc(C(=O)NCc3n[nH]c(=O)[nH]3)cc2nc1C. The molecule has 0 saturated carbocycles. The van der Waals surface area contributed by atoms with Crippen molar-refractivity contribution < 1.29 is 4.79 Å². The van der Waals surface area contributed by atoms with Crippen molar-refractivity contribution in [3.8, 4) is 0 Å². The Labute approximate surface area is 125 Å². The van der Waals surface area contributed by atoms with Crippen molar-refractivity contribution in [2.24, 2.45) is 0 Å². The molecule has 22 heavy (non-hydrogen) atoms. The molecular weight excluding hydrogens is 284 g/mol. The van der Waals surface area contributed by atoms with Gasteiger partial charge in [0.15, 0.2) is 0 Å². The molecule has 0 radical (unpaired) electrons. The van der Waals surface area contributed by atoms with Gasteiger partial charge in [-0.3, -0.25) is 9.78 Å². The standard InChI is InChI=1S/C14H14N6O2/c1-7-8(2)17-11-5-9(3-4-10(11)16-7)13(21)15-6-12-18-14(22)20-19-12/h3-5H,6H2,1-2H3,(H,15,21)(H2,18,19,20,22). The summed E-state index contributed by atoms with van der Waals surface area (Å²) in [6, 6.07) is 5.14. The molecule has 8 nitrogen and oxygen atoms in total. The first kappa shape index (κ1) is 13.9. The molecule has 0 aliphatic rings. The number of aromatic amines is 2. The number of carbonyl (C=O) groups excluding carboxylic acids is 1. The summed E-state index contributed by atoms with van der Waals surface area (Å²) in [7, 11) is 0. The molecule has 0 aliphatic carbocycles. The number of aryl methyl sites for hydroxylation is 2. The van der Waals surface area contributed by atoms with Crippen molar-refractivity contribution in [1.29, 1.82) is 0 Å². The van der Waals surface area contributed by atoms with Gasteiger partial charge in [0.2, 0.25) is 0 Å². The molecule has 3 N–H and O–H groups in total. The number of nitrogens with one attached hydrogen (secondary N) is 3. The molecule has 0 bridgehead atoms. The molecule has 1 amide bonds. The van der Waals surface area contributed by atoms with Crippen LogP contribution in [0.3, 0.4) is 0 Å². The van der Waals surface area contributed by atoms with Crippen LogP contribution in [-0.4, -0.2) is 31.1 Å². The minimum absolute atomic E-state index is 0.133. The Kier molecular flexibility index (Phi) is 3.42. The smallest absolute Gasteiger partial charge is 0.340 e. The van der Waals surface area contributed by atoms with Crippen molar-refractivity contribution in [3.63, 3.8) is 0 Å². The lowest BCUT2D eigenvalue weighted by Crippen LogP contribution is -2.23. The number of H-pyrrole nitrogens is 2. The van der Waals surface area contributed by atoms with Crippen LogP contribution < -0.4 is 11.0 Å². The molecule has 0 saturated heterocycles. The van der Waals surface area contributed by atoms with Gasteiger partial charge in [-0.1, -0.05) is 0 Å². The summed E-state index contributed by atoms with van der Waals surface area (Å²) in [5, 5.41) is 8.64. The molecule has 2 heterocycles. The van der Waals surface area contributed by atoms with E-state index in [0.717, 1.165) is 16.9 Å². The van der Waals surface area contributed by atoms with Crippen LogP contribution in [0.1, 0.15) is 27.6 Å². The second-order valence-electron chi connectivity index (χ2n) is 4.91. The van der Waals surface area contributed by atoms with Gasteiger partial charge in [0.1, 0.15) is 5.82 Å². The normalized spacial score (nSPS) is 10.8. The maximum Gasteiger partial charge on any atom is 0.340 e. The number of hydrogen-bond donors (Lipinski definition) is 3. The van der Waals surface area contributed by atoms with E-state index in [0.29, 0.717) is 16.9 Å². The van der Waals surface area contributed by atoms with Gasteiger partial charge in [-0.15, -0.1) is 0 Å². The number of rotatable bonds is 3. The number of amides is 1. The fourth-order valence-corrected chi connectivity index (χ4v) is 2.03. The minimum atomic E-state index is -0.406. The highest BCUT2D eigenvalue weighted by molar-refractivity contribution is 5.97. The van der Waals surface area contributed by atoms with Crippen LogP contribution in [0, 0.1) is 13.8 Å². The van der Waals surface area contributed by atoms with E-state index >= 15 is 0 Å². The van der Waals surface area contributed by atoms with E-state index in [4.69, 9.17) is 0 Å². The summed E-state index contributed by atoms with van der Waals surface area (Å²) in [6.07, 6.45) is 0. The molecule has 112 valence electrons. The zero-order chi connectivity index (χ0) is 15.7. The van der Waals surface area contributed by atoms with Crippen molar-refractivity contribution in [2.45, 2.75) is 20.4 Å². The summed E-state index contributed by atoms with van der Waals surface area (Å²) in [5.41, 5.74) is 3.19. The van der Waals surface area contributed by atoms with Crippen LogP contribution in [0.15, 0.2) is 23.0 Å². The van der Waals surface area contributed by atoms with Crippen LogP contribution in [0.2, 0.25) is 0 Å². The molecule has 0 aliphatic heterocycles. The molecule has 3 rings (SSSR count). The van der Waals surface area contributed by atoms with E-state index in [9.17, 15) is 9.59 Å². The number of fused-ring (bicyclic) bond motifs is 1. The van der Waals surface area contributed by atoms with Crippen LogP contribution >= 0.6 is 0 Å². The highest BCUT2D eigenvalue weighted by atomic mass is 16.2. The number of hydrogen-bond acceptors (Lipinski definition) is 5. The van der Waals surface area contributed by atoms with Crippen molar-refractivity contribution in [3.05, 3.63) is 51.5 Å². The van der Waals surface area contributed by atoms with Gasteiger partial charge in [-0.2, -0.15) is 5.10 Å². The molecule has 0 atom stereocenters. The molecule has 2 aromatic heterocycles. The summed E-state index contributed by atoms with van der Waals surface area (Å²) in [4.78, 5) is 34.4. The number of nitrogens with zero attached hydrogens (tertiary/aromatic N) is 3. The second-order valence-corrected chi connectivity index (χ2v) is 4.91. The molecule has 0 unspecified atom stereocenters. The largest absolute Gasteiger partial charge is 0.345 e. The van der Waals surface area contributed by atoms with Crippen LogP contribution in [-0.2, 0) is 6.54 Å². The summed E-state index contributed by atoms with van der Waals surface area (Å²) in [5.74, 6) is 0.0937. The van der Waals surface area contributed by atoms with Crippen molar-refractivity contribution in [1.82, 2.24) is 30.5 Å². The highest BCUT2D eigenvalue weighted by Gasteiger charge is 2.09. The van der Waals surface area contributed by atoms with Gasteiger partial charge >= 0.3 is 5.69 Å². The van der Waals surface area contributed by atoms with Crippen LogP contribution in [0.5, 0.6) is 0 Å². The Balaban J connectivity index is 1.81. The van der Waals surface area contributed by atoms with E-state index < -0.39 is 5.69 Å². The van der Waals surface area contributed by atoms with Gasteiger partial charge in [0.05, 0.1) is 29.0 Å². The Bertz CT molecular complexity index is 911. The Morgan fingerprint density at radius 3 is 2.59 bits per heavy atom. The average Bonchev–Trinajstić information content (AvgIpc) is 2.91. The van der Waals surface area contributed by atoms with E-state index in [1.165, 1.54) is 0 Å². The molecule has 3 aromatic rings. The average molecular weight is 298 g/mol. The maximum absolute atomic E-state index is 12.1. The third kappa shape index (κ3) is 2.71. The van der Waals surface area contributed by atoms with Crippen molar-refractivity contribution >= 4 is 16.9 Å². The van der Waals surface area contributed by atoms with Gasteiger partial charge < -0.3 is 5.32 Å². The Morgan fingerprint density at radius 1 is 1.18 bits per heavy atom. The molecular formula is C14H14N6O2. The summed E-state index contributed by atoms with van der Waals surface area (Å²) < 4.78 is 0. The zero-order valence-electron chi connectivity index (χ0n) is 12.1. The predicted molar refractivity (Wildman–Crippen MR) is 79.4 cm³/mol. The molecule has 0 fully saturated rings. The third-order valence-electron chi connectivity index (χ3n) is 3.30. The lowest BCUT2D eigenvalue weighted by molar-refractivity contribution is 0.0950. The molecule has 0 spiro atoms. The van der Waals surface area contributed by atoms with Gasteiger partial charge in [0.25, 0.3) is 5.91 Å². The Morgan fingerprint density at radius 2 is 1.91 bits per heavy atom. The molecule has 8 heteroatoms. The van der Waals surface area contributed by atoms with Crippen molar-refractivity contribution in [2.75, 3.05) is 0 Å². The van der Waals surface area contributed by atoms with E-state index in [1.54, 1.807) is 18.2 Å². The first-order valence-corrected chi connectivity index (χ1v) is 6.70. The highest BCUT2D eigenvalue weighted by Crippen LogP contribution is 2.14. The van der Waals surface area contributed by atoms with Gasteiger partial charge in [-0.05, 0) is 32.0 Å². The first-order chi connectivity index (χ1) is 10.5. The first-order valence-electron chi connectivity index (χ1n) is 6.70. The monoisotopic (exact) mass is 298 g/mol. The summed E-state index contributed by atoms with van der Waals surface area (Å²) >= 11 is 0. The lowest BCUT2D eigenvalue weighted by atomic mass is 10.1. The van der Waals surface area contributed by atoms with E-state index in [1.807, 2.05) is 13.8 Å². The summed E-state index contributed by atoms with van der Waals surface area (Å²) in [6.45, 7) is 3.91.